The number of allylic oxidation sites excluding steroid dienone is 2. The van der Waals surface area contributed by atoms with Gasteiger partial charge in [-0.15, -0.1) is 0 Å². The van der Waals surface area contributed by atoms with E-state index in [4.69, 9.17) is 0 Å². The van der Waals surface area contributed by atoms with E-state index in [-0.39, 0.29) is 0 Å². The molecule has 2 heteroatoms. The third-order valence-electron chi connectivity index (χ3n) is 13.9. The Morgan fingerprint density at radius 3 is 1.38 bits per heavy atom. The third-order valence-corrected chi connectivity index (χ3v) is 30.6. The van der Waals surface area contributed by atoms with Crippen LogP contribution in [0.25, 0.3) is 45.5 Å². The van der Waals surface area contributed by atoms with Crippen molar-refractivity contribution in [2.75, 3.05) is 0 Å². The minimum absolute atomic E-state index is 0.519. The number of hydrogen-bond acceptors (Lipinski definition) is 0. The molecule has 1 heterocycles. The molecule has 6 aromatic carbocycles. The van der Waals surface area contributed by atoms with Crippen molar-refractivity contribution in [2.45, 2.75) is 112 Å². The fourth-order valence-corrected chi connectivity index (χ4v) is 30.5. The summed E-state index contributed by atoms with van der Waals surface area (Å²) < 4.78 is 2.87. The van der Waals surface area contributed by atoms with E-state index < -0.39 is 31.0 Å². The summed E-state index contributed by atoms with van der Waals surface area (Å²) in [6.45, 7) is 9.42. The van der Waals surface area contributed by atoms with Crippen molar-refractivity contribution >= 4 is 35.4 Å². The number of rotatable bonds is 17. The second kappa shape index (κ2) is 18.9. The molecule has 60 heavy (non-hydrogen) atoms. The molecule has 9 rings (SSSR count). The van der Waals surface area contributed by atoms with E-state index in [2.05, 4.69) is 167 Å². The van der Waals surface area contributed by atoms with Crippen LogP contribution in [0, 0.1) is 0 Å². The van der Waals surface area contributed by atoms with E-state index in [0.29, 0.717) is 7.35 Å². The molecular weight excluding hydrogens is 903 g/mol. The molecule has 0 spiro atoms. The minimum atomic E-state index is -3.13. The van der Waals surface area contributed by atoms with E-state index in [1.807, 2.05) is 3.32 Å². The topological polar surface area (TPSA) is 0 Å². The van der Waals surface area contributed by atoms with Gasteiger partial charge in [0, 0.05) is 0 Å². The molecule has 0 fully saturated rings. The Hall–Kier alpha value is -4.11. The molecule has 1 aliphatic heterocycles. The summed E-state index contributed by atoms with van der Waals surface area (Å²) in [6.07, 6.45) is 20.0. The van der Waals surface area contributed by atoms with Gasteiger partial charge in [0.25, 0.3) is 0 Å². The molecule has 0 saturated carbocycles. The number of aryl methyl sites for hydroxylation is 2. The Morgan fingerprint density at radius 2 is 0.850 bits per heavy atom. The first-order valence-corrected chi connectivity index (χ1v) is 30.9. The van der Waals surface area contributed by atoms with Gasteiger partial charge in [-0.05, 0) is 0 Å². The standard InChI is InChI=1S/2C23H27.C12H9Si.Hf/c2*1-3-5-10-18-16-20-13-9-15-22(23(20)17-18)21-14-8-7-12-19(21)11-6-4-2;1-3-7-11-9(5-1)10-6-2-4-8-12(10)13-11;/h2*7-9,12-17H,3-6,10-11H2,1-2H3;1-7H,13H2;. The molecule has 0 aromatic heterocycles. The van der Waals surface area contributed by atoms with Crippen molar-refractivity contribution in [3.63, 3.8) is 0 Å². The molecule has 0 saturated heterocycles. The Bertz CT molecular complexity index is 2420. The first-order chi connectivity index (χ1) is 29.6. The van der Waals surface area contributed by atoms with E-state index in [9.17, 15) is 0 Å². The van der Waals surface area contributed by atoms with Crippen LogP contribution in [0.5, 0.6) is 0 Å². The van der Waals surface area contributed by atoms with Crippen LogP contribution in [0.1, 0.15) is 133 Å². The van der Waals surface area contributed by atoms with Crippen LogP contribution in [-0.4, -0.2) is 9.52 Å². The SMILES string of the molecule is CCCCC1=Cc2c(-c3ccccc3CCCC)cccc2[CH]1[Hf]([c]1cccc2c1[SiH2]c1ccccc1-2)[CH]1C(CCCC)=Cc2c(-c3ccccc3CCCC)cccc21. The molecule has 6 aromatic rings. The molecule has 0 radical (unpaired) electrons. The van der Waals surface area contributed by atoms with Gasteiger partial charge in [0.15, 0.2) is 0 Å². The maximum atomic E-state index is 2.74. The second-order valence-corrected chi connectivity index (χ2v) is 28.9. The molecule has 0 N–H and O–H groups in total. The van der Waals surface area contributed by atoms with Gasteiger partial charge in [-0.1, -0.05) is 0 Å². The Balaban J connectivity index is 1.28. The number of benzene rings is 6. The molecule has 2 unspecified atom stereocenters. The zero-order valence-corrected chi connectivity index (χ0v) is 41.6. The predicted molar refractivity (Wildman–Crippen MR) is 261 cm³/mol. The molecule has 2 aliphatic carbocycles. The predicted octanol–water partition coefficient (Wildman–Crippen LogP) is 13.7. The van der Waals surface area contributed by atoms with Crippen LogP contribution in [0.15, 0.2) is 139 Å². The van der Waals surface area contributed by atoms with Crippen molar-refractivity contribution < 1.29 is 21.4 Å². The molecular formula is C58H63HfSi. The average Bonchev–Trinajstić information content (AvgIpc) is 3.98. The molecule has 0 bridgehead atoms. The quantitative estimate of drug-likeness (QED) is 0.0798. The third kappa shape index (κ3) is 7.81. The van der Waals surface area contributed by atoms with Crippen molar-refractivity contribution in [1.82, 2.24) is 0 Å². The van der Waals surface area contributed by atoms with E-state index in [0.717, 1.165) is 12.8 Å². The van der Waals surface area contributed by atoms with Crippen LogP contribution >= 0.6 is 0 Å². The summed E-state index contributed by atoms with van der Waals surface area (Å²) in [5.74, 6) is 0. The summed E-state index contributed by atoms with van der Waals surface area (Å²) in [5.41, 5.74) is 21.7. The summed E-state index contributed by atoms with van der Waals surface area (Å²) in [6, 6.07) is 50.7. The van der Waals surface area contributed by atoms with Crippen LogP contribution in [-0.2, 0) is 34.3 Å². The zero-order chi connectivity index (χ0) is 41.0. The molecule has 303 valence electrons. The number of fused-ring (bicyclic) bond motifs is 5. The zero-order valence-electron chi connectivity index (χ0n) is 36.6. The van der Waals surface area contributed by atoms with Crippen molar-refractivity contribution in [3.8, 4) is 33.4 Å². The first kappa shape index (κ1) is 41.3. The summed E-state index contributed by atoms with van der Waals surface area (Å²) in [5, 5.41) is 3.43. The van der Waals surface area contributed by atoms with Gasteiger partial charge in [-0.25, -0.2) is 0 Å². The summed E-state index contributed by atoms with van der Waals surface area (Å²) >= 11 is -3.13. The van der Waals surface area contributed by atoms with Gasteiger partial charge in [0.1, 0.15) is 0 Å². The van der Waals surface area contributed by atoms with E-state index in [1.165, 1.54) is 114 Å². The van der Waals surface area contributed by atoms with Crippen molar-refractivity contribution in [1.29, 1.82) is 0 Å². The summed E-state index contributed by atoms with van der Waals surface area (Å²) in [4.78, 5) is 0. The number of unbranched alkanes of at least 4 members (excludes halogenated alkanes) is 4. The fourth-order valence-electron chi connectivity index (χ4n) is 11.0. The van der Waals surface area contributed by atoms with E-state index >= 15 is 0 Å². The monoisotopic (exact) mass is 967 g/mol. The molecule has 3 aliphatic rings. The van der Waals surface area contributed by atoms with Crippen LogP contribution in [0.2, 0.25) is 0 Å². The number of hydrogen-bond donors (Lipinski definition) is 0. The van der Waals surface area contributed by atoms with Gasteiger partial charge in [-0.3, -0.25) is 0 Å². The second-order valence-electron chi connectivity index (χ2n) is 17.8. The maximum absolute atomic E-state index is 3.13. The average molecular weight is 967 g/mol. The Labute approximate surface area is 371 Å². The molecule has 0 nitrogen and oxygen atoms in total. The molecule has 2 atom stereocenters. The normalized spacial score (nSPS) is 16.3. The van der Waals surface area contributed by atoms with Gasteiger partial charge >= 0.3 is 374 Å². The van der Waals surface area contributed by atoms with Crippen molar-refractivity contribution in [3.05, 3.63) is 172 Å². The van der Waals surface area contributed by atoms with Crippen LogP contribution < -0.4 is 13.7 Å². The summed E-state index contributed by atoms with van der Waals surface area (Å²) in [7, 11) is -0.615. The van der Waals surface area contributed by atoms with Gasteiger partial charge in [0.05, 0.1) is 0 Å². The van der Waals surface area contributed by atoms with E-state index in [1.54, 1.807) is 38.2 Å². The Kier molecular flexibility index (Phi) is 13.0. The van der Waals surface area contributed by atoms with Crippen molar-refractivity contribution in [2.24, 2.45) is 0 Å². The van der Waals surface area contributed by atoms with Crippen LogP contribution in [0.4, 0.5) is 0 Å². The van der Waals surface area contributed by atoms with Gasteiger partial charge in [-0.2, -0.15) is 0 Å². The molecule has 0 amide bonds. The van der Waals surface area contributed by atoms with Crippen LogP contribution in [0.3, 0.4) is 0 Å². The fraction of sp³-hybridized carbons (Fsp3) is 0.310. The van der Waals surface area contributed by atoms with Gasteiger partial charge in [0.2, 0.25) is 0 Å². The van der Waals surface area contributed by atoms with Gasteiger partial charge < -0.3 is 0 Å². The Morgan fingerprint density at radius 1 is 0.417 bits per heavy atom. The first-order valence-electron chi connectivity index (χ1n) is 23.6.